The number of benzene rings is 2. The van der Waals surface area contributed by atoms with Crippen LogP contribution in [0.4, 0.5) is 0 Å². The molecule has 2 aromatic carbocycles. The first kappa shape index (κ1) is 24.4. The lowest BCUT2D eigenvalue weighted by molar-refractivity contribution is 0.0531. The number of methoxy groups -OCH3 is 1. The van der Waals surface area contributed by atoms with Gasteiger partial charge in [0.05, 0.1) is 13.7 Å². The molecule has 0 radical (unpaired) electrons. The predicted octanol–water partition coefficient (Wildman–Crippen LogP) is 7.41. The minimum Gasteiger partial charge on any atom is -0.465 e. The molecule has 2 heterocycles. The van der Waals surface area contributed by atoms with Gasteiger partial charge in [-0.25, -0.2) is 9.59 Å². The smallest absolute Gasteiger partial charge is 0.348 e. The molecule has 4 aromatic rings. The first-order valence-corrected chi connectivity index (χ1v) is 12.1. The van der Waals surface area contributed by atoms with E-state index in [1.54, 1.807) is 0 Å². The second kappa shape index (κ2) is 11.6. The van der Waals surface area contributed by atoms with E-state index in [4.69, 9.17) is 9.47 Å². The van der Waals surface area contributed by atoms with Crippen molar-refractivity contribution in [2.24, 2.45) is 0 Å². The third-order valence-corrected chi connectivity index (χ3v) is 7.30. The van der Waals surface area contributed by atoms with Gasteiger partial charge in [-0.1, -0.05) is 60.7 Å². The molecule has 0 N–H and O–H groups in total. The number of aryl methyl sites for hydroxylation is 2. The Morgan fingerprint density at radius 2 is 1.15 bits per heavy atom. The summed E-state index contributed by atoms with van der Waals surface area (Å²) >= 11 is 2.96. The lowest BCUT2D eigenvalue weighted by atomic mass is 10.1. The summed E-state index contributed by atoms with van der Waals surface area (Å²) in [4.78, 5) is 26.6. The van der Waals surface area contributed by atoms with Crippen molar-refractivity contribution < 1.29 is 19.1 Å². The van der Waals surface area contributed by atoms with Crippen LogP contribution in [-0.2, 0) is 9.47 Å². The third kappa shape index (κ3) is 6.18. The van der Waals surface area contributed by atoms with Gasteiger partial charge >= 0.3 is 11.9 Å². The SMILES string of the molecule is CCOC(=O)c1cc(C)c(-c2ccccc2)s1.COC(=O)c1cc(C)c(-c2ccccc2)s1. The van der Waals surface area contributed by atoms with Crippen LogP contribution < -0.4 is 0 Å². The average molecular weight is 479 g/mol. The summed E-state index contributed by atoms with van der Waals surface area (Å²) in [5, 5.41) is 0. The predicted molar refractivity (Wildman–Crippen MR) is 136 cm³/mol. The van der Waals surface area contributed by atoms with Crippen LogP contribution in [0.5, 0.6) is 0 Å². The lowest BCUT2D eigenvalue weighted by Crippen LogP contribution is -2.01. The van der Waals surface area contributed by atoms with E-state index >= 15 is 0 Å². The van der Waals surface area contributed by atoms with Crippen LogP contribution in [-0.4, -0.2) is 25.7 Å². The van der Waals surface area contributed by atoms with Crippen molar-refractivity contribution in [3.8, 4) is 20.9 Å². The summed E-state index contributed by atoms with van der Waals surface area (Å²) in [5.74, 6) is -0.502. The van der Waals surface area contributed by atoms with Crippen molar-refractivity contribution in [1.82, 2.24) is 0 Å². The van der Waals surface area contributed by atoms with Gasteiger partial charge in [-0.3, -0.25) is 0 Å². The molecule has 6 heteroatoms. The number of ether oxygens (including phenoxy) is 2. The molecule has 170 valence electrons. The summed E-state index contributed by atoms with van der Waals surface area (Å²) in [5.41, 5.74) is 4.51. The number of rotatable bonds is 5. The maximum absolute atomic E-state index is 11.6. The normalized spacial score (nSPS) is 10.2. The zero-order valence-electron chi connectivity index (χ0n) is 19.1. The molecule has 0 aliphatic carbocycles. The first-order valence-electron chi connectivity index (χ1n) is 10.5. The Bertz CT molecular complexity index is 1210. The Morgan fingerprint density at radius 3 is 1.55 bits per heavy atom. The number of hydrogen-bond donors (Lipinski definition) is 0. The second-order valence-corrected chi connectivity index (χ2v) is 9.29. The Kier molecular flexibility index (Phi) is 8.58. The van der Waals surface area contributed by atoms with Crippen LogP contribution in [0, 0.1) is 13.8 Å². The van der Waals surface area contributed by atoms with E-state index in [-0.39, 0.29) is 11.9 Å². The molecule has 0 bridgehead atoms. The molecular weight excluding hydrogens is 452 g/mol. The zero-order valence-corrected chi connectivity index (χ0v) is 20.7. The van der Waals surface area contributed by atoms with E-state index in [0.29, 0.717) is 16.4 Å². The van der Waals surface area contributed by atoms with Crippen molar-refractivity contribution in [2.45, 2.75) is 20.8 Å². The van der Waals surface area contributed by atoms with Gasteiger partial charge in [0.2, 0.25) is 0 Å². The zero-order chi connectivity index (χ0) is 23.8. The molecule has 0 unspecified atom stereocenters. The van der Waals surface area contributed by atoms with Gasteiger partial charge in [-0.15, -0.1) is 22.7 Å². The molecule has 0 atom stereocenters. The number of esters is 2. The Labute approximate surface area is 202 Å². The summed E-state index contributed by atoms with van der Waals surface area (Å²) in [6.07, 6.45) is 0. The molecule has 0 aliphatic rings. The molecule has 4 rings (SSSR count). The summed E-state index contributed by atoms with van der Waals surface area (Å²) < 4.78 is 9.72. The summed E-state index contributed by atoms with van der Waals surface area (Å²) in [7, 11) is 1.40. The van der Waals surface area contributed by atoms with Crippen molar-refractivity contribution in [3.63, 3.8) is 0 Å². The fourth-order valence-corrected chi connectivity index (χ4v) is 5.39. The summed E-state index contributed by atoms with van der Waals surface area (Å²) in [6.45, 7) is 6.25. The van der Waals surface area contributed by atoms with Crippen molar-refractivity contribution in [3.05, 3.63) is 93.7 Å². The molecule has 0 saturated heterocycles. The second-order valence-electron chi connectivity index (χ2n) is 7.19. The average Bonchev–Trinajstić information content (AvgIpc) is 3.43. The Balaban J connectivity index is 0.000000186. The molecule has 0 saturated carbocycles. The first-order chi connectivity index (χ1) is 15.9. The van der Waals surface area contributed by atoms with Gasteiger partial charge in [0.15, 0.2) is 0 Å². The number of hydrogen-bond acceptors (Lipinski definition) is 6. The number of carbonyl (C=O) groups excluding carboxylic acids is 2. The van der Waals surface area contributed by atoms with E-state index in [2.05, 4.69) is 0 Å². The standard InChI is InChI=1S/C14H14O2S.C13H12O2S/c1-3-16-14(15)12-9-10(2)13(17-12)11-7-5-4-6-8-11;1-9-8-11(13(14)15-2)16-12(9)10-6-4-3-5-7-10/h4-9H,3H2,1-2H3;3-8H,1-2H3. The van der Waals surface area contributed by atoms with E-state index < -0.39 is 0 Å². The highest BCUT2D eigenvalue weighted by molar-refractivity contribution is 7.17. The van der Waals surface area contributed by atoms with Gasteiger partial charge in [0.1, 0.15) is 9.75 Å². The van der Waals surface area contributed by atoms with Crippen molar-refractivity contribution in [2.75, 3.05) is 13.7 Å². The monoisotopic (exact) mass is 478 g/mol. The number of thiophene rings is 2. The Morgan fingerprint density at radius 1 is 0.727 bits per heavy atom. The largest absolute Gasteiger partial charge is 0.465 e. The van der Waals surface area contributed by atoms with Crippen molar-refractivity contribution in [1.29, 1.82) is 0 Å². The van der Waals surface area contributed by atoms with Gasteiger partial charge in [-0.05, 0) is 55.2 Å². The quantitative estimate of drug-likeness (QED) is 0.280. The molecule has 4 nitrogen and oxygen atoms in total. The topological polar surface area (TPSA) is 52.6 Å². The third-order valence-electron chi connectivity index (χ3n) is 4.77. The van der Waals surface area contributed by atoms with Crippen LogP contribution in [0.1, 0.15) is 37.4 Å². The molecule has 0 spiro atoms. The van der Waals surface area contributed by atoms with Crippen LogP contribution in [0.2, 0.25) is 0 Å². The molecule has 0 fully saturated rings. The molecule has 33 heavy (non-hydrogen) atoms. The molecule has 0 amide bonds. The highest BCUT2D eigenvalue weighted by Crippen LogP contribution is 2.33. The van der Waals surface area contributed by atoms with Gasteiger partial charge in [-0.2, -0.15) is 0 Å². The van der Waals surface area contributed by atoms with Crippen LogP contribution in [0.25, 0.3) is 20.9 Å². The summed E-state index contributed by atoms with van der Waals surface area (Å²) in [6, 6.07) is 23.9. The van der Waals surface area contributed by atoms with Gasteiger partial charge in [0.25, 0.3) is 0 Å². The Hall–Kier alpha value is -3.22. The highest BCUT2D eigenvalue weighted by Gasteiger charge is 2.14. The highest BCUT2D eigenvalue weighted by atomic mass is 32.1. The van der Waals surface area contributed by atoms with Crippen LogP contribution in [0.15, 0.2) is 72.8 Å². The fourth-order valence-electron chi connectivity index (χ4n) is 3.22. The van der Waals surface area contributed by atoms with Crippen LogP contribution in [0.3, 0.4) is 0 Å². The fraction of sp³-hybridized carbons (Fsp3) is 0.185. The van der Waals surface area contributed by atoms with E-state index in [0.717, 1.165) is 32.0 Å². The van der Waals surface area contributed by atoms with E-state index in [1.165, 1.54) is 29.8 Å². The van der Waals surface area contributed by atoms with Crippen LogP contribution >= 0.6 is 22.7 Å². The minimum atomic E-state index is -0.268. The minimum absolute atomic E-state index is 0.234. The van der Waals surface area contributed by atoms with Gasteiger partial charge in [0, 0.05) is 9.75 Å². The van der Waals surface area contributed by atoms with Crippen molar-refractivity contribution >= 4 is 34.6 Å². The van der Waals surface area contributed by atoms with Gasteiger partial charge < -0.3 is 9.47 Å². The molecular formula is C27H26O4S2. The molecule has 2 aromatic heterocycles. The lowest BCUT2D eigenvalue weighted by Gasteiger charge is -1.98. The maximum atomic E-state index is 11.6. The van der Waals surface area contributed by atoms with E-state index in [9.17, 15) is 9.59 Å². The van der Waals surface area contributed by atoms with E-state index in [1.807, 2.05) is 93.6 Å². The molecule has 0 aliphatic heterocycles. The number of carbonyl (C=O) groups is 2. The maximum Gasteiger partial charge on any atom is 0.348 e.